The summed E-state index contributed by atoms with van der Waals surface area (Å²) in [6, 6.07) is 18.0. The zero-order valence-corrected chi connectivity index (χ0v) is 13.7. The number of aryl methyl sites for hydroxylation is 2. The molecule has 3 rings (SSSR count). The van der Waals surface area contributed by atoms with Gasteiger partial charge in [-0.3, -0.25) is 9.36 Å². The highest BCUT2D eigenvalue weighted by Crippen LogP contribution is 2.21. The lowest BCUT2D eigenvalue weighted by molar-refractivity contribution is 0.601. The van der Waals surface area contributed by atoms with Crippen LogP contribution in [0.5, 0.6) is 0 Å². The van der Waals surface area contributed by atoms with Crippen LogP contribution in [0.1, 0.15) is 29.8 Å². The molecule has 1 aromatic heterocycles. The van der Waals surface area contributed by atoms with Crippen molar-refractivity contribution in [2.45, 2.75) is 26.8 Å². The fraction of sp³-hybridized carbons (Fsp3) is 0.200. The molecule has 116 valence electrons. The van der Waals surface area contributed by atoms with Crippen molar-refractivity contribution >= 4 is 0 Å². The fourth-order valence-electron chi connectivity index (χ4n) is 2.85. The van der Waals surface area contributed by atoms with Crippen LogP contribution in [0.25, 0.3) is 11.1 Å². The van der Waals surface area contributed by atoms with E-state index in [2.05, 4.69) is 4.98 Å². The lowest BCUT2D eigenvalue weighted by Crippen LogP contribution is -2.26. The van der Waals surface area contributed by atoms with Gasteiger partial charge in [0.25, 0.3) is 5.56 Å². The van der Waals surface area contributed by atoms with Gasteiger partial charge in [-0.05, 0) is 31.9 Å². The van der Waals surface area contributed by atoms with Crippen molar-refractivity contribution in [3.8, 4) is 11.1 Å². The maximum absolute atomic E-state index is 13.0. The minimum absolute atomic E-state index is 0.000506. The Hall–Kier alpha value is -2.68. The summed E-state index contributed by atoms with van der Waals surface area (Å²) < 4.78 is 1.71. The van der Waals surface area contributed by atoms with Crippen molar-refractivity contribution < 1.29 is 0 Å². The second-order valence-corrected chi connectivity index (χ2v) is 5.87. The van der Waals surface area contributed by atoms with E-state index < -0.39 is 0 Å². The predicted octanol–water partition coefficient (Wildman–Crippen LogP) is 4.14. The van der Waals surface area contributed by atoms with Crippen LogP contribution in [0.15, 0.2) is 65.7 Å². The van der Waals surface area contributed by atoms with E-state index in [1.807, 2.05) is 75.4 Å². The first-order valence-corrected chi connectivity index (χ1v) is 7.77. The Bertz CT molecular complexity index is 882. The van der Waals surface area contributed by atoms with Crippen molar-refractivity contribution in [3.63, 3.8) is 0 Å². The van der Waals surface area contributed by atoms with Crippen LogP contribution in [0.2, 0.25) is 0 Å². The van der Waals surface area contributed by atoms with Crippen LogP contribution in [0.3, 0.4) is 0 Å². The van der Waals surface area contributed by atoms with Crippen molar-refractivity contribution in [3.05, 3.63) is 88.1 Å². The average Bonchev–Trinajstić information content (AvgIpc) is 2.55. The summed E-state index contributed by atoms with van der Waals surface area (Å²) in [4.78, 5) is 17.5. The molecule has 0 aliphatic rings. The number of benzene rings is 2. The van der Waals surface area contributed by atoms with Crippen molar-refractivity contribution in [2.75, 3.05) is 0 Å². The molecule has 3 nitrogen and oxygen atoms in total. The van der Waals surface area contributed by atoms with Gasteiger partial charge in [0.2, 0.25) is 0 Å². The summed E-state index contributed by atoms with van der Waals surface area (Å²) in [5, 5.41) is 0. The Labute approximate surface area is 136 Å². The summed E-state index contributed by atoms with van der Waals surface area (Å²) in [6.45, 7) is 5.94. The molecule has 0 bridgehead atoms. The van der Waals surface area contributed by atoms with E-state index in [9.17, 15) is 4.79 Å². The third-order valence-electron chi connectivity index (χ3n) is 4.19. The Kier molecular flexibility index (Phi) is 4.11. The van der Waals surface area contributed by atoms with Gasteiger partial charge in [0, 0.05) is 0 Å². The Morgan fingerprint density at radius 3 is 2.43 bits per heavy atom. The molecule has 0 amide bonds. The monoisotopic (exact) mass is 304 g/mol. The predicted molar refractivity (Wildman–Crippen MR) is 93.7 cm³/mol. The quantitative estimate of drug-likeness (QED) is 0.729. The lowest BCUT2D eigenvalue weighted by Gasteiger charge is -2.17. The zero-order valence-electron chi connectivity index (χ0n) is 13.7. The van der Waals surface area contributed by atoms with Crippen LogP contribution in [0, 0.1) is 13.8 Å². The first kappa shape index (κ1) is 15.2. The SMILES string of the molecule is Cc1cccc(-c2c(C)ncn(C(C)c3ccccc3)c2=O)c1. The van der Waals surface area contributed by atoms with Crippen molar-refractivity contribution in [1.82, 2.24) is 9.55 Å². The molecule has 0 aliphatic heterocycles. The maximum Gasteiger partial charge on any atom is 0.262 e. The van der Waals surface area contributed by atoms with Crippen LogP contribution >= 0.6 is 0 Å². The molecule has 0 saturated heterocycles. The van der Waals surface area contributed by atoms with Gasteiger partial charge >= 0.3 is 0 Å². The Morgan fingerprint density at radius 1 is 1.00 bits per heavy atom. The number of hydrogen-bond acceptors (Lipinski definition) is 2. The van der Waals surface area contributed by atoms with E-state index in [-0.39, 0.29) is 11.6 Å². The average molecular weight is 304 g/mol. The van der Waals surface area contributed by atoms with Gasteiger partial charge in [-0.25, -0.2) is 4.98 Å². The molecule has 0 spiro atoms. The Balaban J connectivity index is 2.15. The highest BCUT2D eigenvalue weighted by Gasteiger charge is 2.15. The third kappa shape index (κ3) is 2.95. The minimum Gasteiger partial charge on any atom is -0.291 e. The second-order valence-electron chi connectivity index (χ2n) is 5.87. The van der Waals surface area contributed by atoms with E-state index in [1.165, 1.54) is 0 Å². The van der Waals surface area contributed by atoms with Gasteiger partial charge in [0.1, 0.15) is 0 Å². The van der Waals surface area contributed by atoms with Gasteiger partial charge in [-0.1, -0.05) is 60.2 Å². The van der Waals surface area contributed by atoms with Gasteiger partial charge in [-0.15, -0.1) is 0 Å². The summed E-state index contributed by atoms with van der Waals surface area (Å²) in [7, 11) is 0. The van der Waals surface area contributed by atoms with Gasteiger partial charge in [0.05, 0.1) is 23.6 Å². The smallest absolute Gasteiger partial charge is 0.262 e. The van der Waals surface area contributed by atoms with E-state index in [4.69, 9.17) is 0 Å². The van der Waals surface area contributed by atoms with Crippen LogP contribution < -0.4 is 5.56 Å². The molecule has 1 unspecified atom stereocenters. The molecule has 2 aromatic carbocycles. The molecule has 3 heteroatoms. The molecule has 23 heavy (non-hydrogen) atoms. The van der Waals surface area contributed by atoms with Crippen LogP contribution in [0.4, 0.5) is 0 Å². The first-order valence-electron chi connectivity index (χ1n) is 7.77. The summed E-state index contributed by atoms with van der Waals surface area (Å²) in [5.41, 5.74) is 4.59. The topological polar surface area (TPSA) is 34.9 Å². The largest absolute Gasteiger partial charge is 0.291 e. The second kappa shape index (κ2) is 6.21. The summed E-state index contributed by atoms with van der Waals surface area (Å²) in [5.74, 6) is 0. The number of rotatable bonds is 3. The van der Waals surface area contributed by atoms with E-state index >= 15 is 0 Å². The van der Waals surface area contributed by atoms with Crippen LogP contribution in [-0.4, -0.2) is 9.55 Å². The highest BCUT2D eigenvalue weighted by atomic mass is 16.1. The molecule has 3 aromatic rings. The molecular weight excluding hydrogens is 284 g/mol. The molecule has 0 aliphatic carbocycles. The molecule has 0 radical (unpaired) electrons. The molecular formula is C20H20N2O. The number of aromatic nitrogens is 2. The number of nitrogens with zero attached hydrogens (tertiary/aromatic N) is 2. The van der Waals surface area contributed by atoms with Gasteiger partial charge in [-0.2, -0.15) is 0 Å². The zero-order chi connectivity index (χ0) is 16.4. The summed E-state index contributed by atoms with van der Waals surface area (Å²) >= 11 is 0. The van der Waals surface area contributed by atoms with Crippen molar-refractivity contribution in [2.24, 2.45) is 0 Å². The molecule has 0 fully saturated rings. The fourth-order valence-corrected chi connectivity index (χ4v) is 2.85. The van der Waals surface area contributed by atoms with Gasteiger partial charge in [0.15, 0.2) is 0 Å². The molecule has 1 atom stereocenters. The molecule has 0 saturated carbocycles. The normalized spacial score (nSPS) is 12.1. The summed E-state index contributed by atoms with van der Waals surface area (Å²) in [6.07, 6.45) is 1.65. The Morgan fingerprint density at radius 2 is 1.74 bits per heavy atom. The molecule has 1 heterocycles. The first-order chi connectivity index (χ1) is 11.1. The maximum atomic E-state index is 13.0. The van der Waals surface area contributed by atoms with E-state index in [0.29, 0.717) is 5.56 Å². The lowest BCUT2D eigenvalue weighted by atomic mass is 10.0. The number of hydrogen-bond donors (Lipinski definition) is 0. The minimum atomic E-state index is -0.0552. The van der Waals surface area contributed by atoms with E-state index in [1.54, 1.807) is 10.9 Å². The highest BCUT2D eigenvalue weighted by molar-refractivity contribution is 5.65. The van der Waals surface area contributed by atoms with E-state index in [0.717, 1.165) is 22.4 Å². The van der Waals surface area contributed by atoms with Gasteiger partial charge < -0.3 is 0 Å². The van der Waals surface area contributed by atoms with Crippen molar-refractivity contribution in [1.29, 1.82) is 0 Å². The standard InChI is InChI=1S/C20H20N2O/c1-14-8-7-11-18(12-14)19-15(2)21-13-22(20(19)23)16(3)17-9-5-4-6-10-17/h4-13,16H,1-3H3. The third-order valence-corrected chi connectivity index (χ3v) is 4.19. The van der Waals surface area contributed by atoms with Crippen LogP contribution in [-0.2, 0) is 0 Å². The molecule has 0 N–H and O–H groups in total.